The summed E-state index contributed by atoms with van der Waals surface area (Å²) in [6, 6.07) is 7.46. The van der Waals surface area contributed by atoms with Gasteiger partial charge in [0.1, 0.15) is 0 Å². The highest BCUT2D eigenvalue weighted by atomic mass is 16.6. The molecule has 0 saturated carbocycles. The van der Waals surface area contributed by atoms with Gasteiger partial charge in [-0.3, -0.25) is 0 Å². The summed E-state index contributed by atoms with van der Waals surface area (Å²) in [7, 11) is 0. The third-order valence-corrected chi connectivity index (χ3v) is 2.63. The molecule has 0 spiro atoms. The number of ether oxygens (including phenoxy) is 2. The van der Waals surface area contributed by atoms with E-state index in [0.717, 1.165) is 12.2 Å². The van der Waals surface area contributed by atoms with Crippen LogP contribution in [0.2, 0.25) is 0 Å². The quantitative estimate of drug-likeness (QED) is 0.618. The molecule has 0 bridgehead atoms. The highest BCUT2D eigenvalue weighted by molar-refractivity contribution is 5.90. The summed E-state index contributed by atoms with van der Waals surface area (Å²) < 4.78 is 10.0. The molecule has 0 aliphatic carbocycles. The largest absolute Gasteiger partial charge is 0.462 e. The van der Waals surface area contributed by atoms with Crippen molar-refractivity contribution in [2.75, 3.05) is 13.2 Å². The van der Waals surface area contributed by atoms with E-state index in [1.54, 1.807) is 6.07 Å². The maximum absolute atomic E-state index is 11.5. The molecule has 2 rings (SSSR count). The predicted octanol–water partition coefficient (Wildman–Crippen LogP) is 3.60. The number of epoxide rings is 1. The highest BCUT2D eigenvalue weighted by Crippen LogP contribution is 2.23. The van der Waals surface area contributed by atoms with E-state index in [1.807, 2.05) is 39.0 Å². The molecule has 1 saturated heterocycles. The number of benzene rings is 1. The van der Waals surface area contributed by atoms with Crippen molar-refractivity contribution in [1.29, 1.82) is 0 Å². The first-order valence-electron chi connectivity index (χ1n) is 6.68. The van der Waals surface area contributed by atoms with Gasteiger partial charge in [0.05, 0.1) is 24.4 Å². The average molecular weight is 264 g/mol. The van der Waals surface area contributed by atoms with Crippen molar-refractivity contribution < 1.29 is 14.3 Å². The predicted molar refractivity (Wildman–Crippen MR) is 76.3 cm³/mol. The maximum Gasteiger partial charge on any atom is 0.338 e. The van der Waals surface area contributed by atoms with Gasteiger partial charge in [-0.25, -0.2) is 4.79 Å². The van der Waals surface area contributed by atoms with E-state index in [1.165, 1.54) is 0 Å². The van der Waals surface area contributed by atoms with E-state index in [9.17, 15) is 4.79 Å². The summed E-state index contributed by atoms with van der Waals surface area (Å²) in [4.78, 5) is 11.5. The molecule has 3 heteroatoms. The summed E-state index contributed by atoms with van der Waals surface area (Å²) in [6.45, 7) is 11.5. The molecule has 1 aromatic carbocycles. The van der Waals surface area contributed by atoms with Gasteiger partial charge in [-0.15, -0.1) is 0 Å². The molecule has 3 nitrogen and oxygen atoms in total. The van der Waals surface area contributed by atoms with E-state index in [-0.39, 0.29) is 11.6 Å². The molecule has 0 amide bonds. The molecule has 0 atom stereocenters. The van der Waals surface area contributed by atoms with Gasteiger partial charge in [-0.1, -0.05) is 32.0 Å². The van der Waals surface area contributed by atoms with Crippen molar-refractivity contribution in [1.82, 2.24) is 0 Å². The van der Waals surface area contributed by atoms with Gasteiger partial charge in [0, 0.05) is 0 Å². The van der Waals surface area contributed by atoms with Crippen LogP contribution in [0.4, 0.5) is 0 Å². The van der Waals surface area contributed by atoms with Crippen molar-refractivity contribution in [3.63, 3.8) is 0 Å². The fourth-order valence-corrected chi connectivity index (χ4v) is 1.27. The van der Waals surface area contributed by atoms with Crippen molar-refractivity contribution in [3.05, 3.63) is 35.4 Å². The van der Waals surface area contributed by atoms with E-state index in [2.05, 4.69) is 13.8 Å². The first-order chi connectivity index (χ1) is 8.82. The number of aryl methyl sites for hydroxylation is 1. The fraction of sp³-hybridized carbons (Fsp3) is 0.562. The standard InChI is InChI=1S/C12H16O2.C4H8O/c1-9(2)8-14-12(13)11-7-5-4-6-10(11)3;1-4(2)3-5-4/h4-7,9H,8H2,1-3H3;3H2,1-2H3. The second-order valence-electron chi connectivity index (χ2n) is 5.86. The van der Waals surface area contributed by atoms with Crippen LogP contribution in [0.1, 0.15) is 43.6 Å². The minimum atomic E-state index is -0.225. The van der Waals surface area contributed by atoms with Gasteiger partial charge < -0.3 is 9.47 Å². The Kier molecular flexibility index (Phi) is 5.55. The average Bonchev–Trinajstić information content (AvgIpc) is 3.03. The molecule has 106 valence electrons. The van der Waals surface area contributed by atoms with Crippen LogP contribution in [-0.4, -0.2) is 24.8 Å². The summed E-state index contributed by atoms with van der Waals surface area (Å²) in [6.07, 6.45) is 0. The van der Waals surface area contributed by atoms with Crippen LogP contribution in [-0.2, 0) is 9.47 Å². The van der Waals surface area contributed by atoms with Crippen LogP contribution < -0.4 is 0 Å². The Hall–Kier alpha value is -1.35. The van der Waals surface area contributed by atoms with Crippen molar-refractivity contribution in [2.45, 2.75) is 40.2 Å². The van der Waals surface area contributed by atoms with Crippen molar-refractivity contribution in [3.8, 4) is 0 Å². The van der Waals surface area contributed by atoms with Gasteiger partial charge in [-0.05, 0) is 38.3 Å². The highest BCUT2D eigenvalue weighted by Gasteiger charge is 2.32. The number of carbonyl (C=O) groups excluding carboxylic acids is 1. The normalized spacial score (nSPS) is 15.5. The molecule has 0 radical (unpaired) electrons. The maximum atomic E-state index is 11.5. The zero-order chi connectivity index (χ0) is 14.5. The Balaban J connectivity index is 0.000000300. The van der Waals surface area contributed by atoms with Gasteiger partial charge in [0.2, 0.25) is 0 Å². The Morgan fingerprint density at radius 3 is 2.32 bits per heavy atom. The molecule has 1 aliphatic heterocycles. The smallest absolute Gasteiger partial charge is 0.338 e. The lowest BCUT2D eigenvalue weighted by atomic mass is 10.1. The van der Waals surface area contributed by atoms with E-state index in [4.69, 9.17) is 9.47 Å². The zero-order valence-electron chi connectivity index (χ0n) is 12.5. The summed E-state index contributed by atoms with van der Waals surface area (Å²) in [5.74, 6) is 0.153. The second-order valence-corrected chi connectivity index (χ2v) is 5.86. The summed E-state index contributed by atoms with van der Waals surface area (Å²) >= 11 is 0. The van der Waals surface area contributed by atoms with E-state index in [0.29, 0.717) is 18.1 Å². The molecule has 0 unspecified atom stereocenters. The summed E-state index contributed by atoms with van der Waals surface area (Å²) in [5.41, 5.74) is 1.87. The first kappa shape index (κ1) is 15.7. The van der Waals surface area contributed by atoms with E-state index < -0.39 is 0 Å². The van der Waals surface area contributed by atoms with Crippen molar-refractivity contribution in [2.24, 2.45) is 5.92 Å². The molecule has 0 N–H and O–H groups in total. The van der Waals surface area contributed by atoms with Crippen LogP contribution in [0, 0.1) is 12.8 Å². The lowest BCUT2D eigenvalue weighted by molar-refractivity contribution is 0.0458. The fourth-order valence-electron chi connectivity index (χ4n) is 1.27. The number of esters is 1. The van der Waals surface area contributed by atoms with Crippen LogP contribution >= 0.6 is 0 Å². The van der Waals surface area contributed by atoms with Crippen LogP contribution in [0.25, 0.3) is 0 Å². The minimum absolute atomic E-state index is 0.225. The molecule has 19 heavy (non-hydrogen) atoms. The van der Waals surface area contributed by atoms with Crippen LogP contribution in [0.5, 0.6) is 0 Å². The van der Waals surface area contributed by atoms with Crippen LogP contribution in [0.3, 0.4) is 0 Å². The molecule has 1 fully saturated rings. The Bertz CT molecular complexity index is 416. The molecule has 1 aliphatic rings. The number of carbonyl (C=O) groups is 1. The van der Waals surface area contributed by atoms with Gasteiger partial charge >= 0.3 is 5.97 Å². The SMILES string of the molecule is CC1(C)CO1.Cc1ccccc1C(=O)OCC(C)C. The third-order valence-electron chi connectivity index (χ3n) is 2.63. The Morgan fingerprint density at radius 1 is 1.37 bits per heavy atom. The number of hydrogen-bond donors (Lipinski definition) is 0. The minimum Gasteiger partial charge on any atom is -0.462 e. The van der Waals surface area contributed by atoms with Crippen molar-refractivity contribution >= 4 is 5.97 Å². The number of hydrogen-bond acceptors (Lipinski definition) is 3. The third kappa shape index (κ3) is 6.39. The zero-order valence-corrected chi connectivity index (χ0v) is 12.5. The van der Waals surface area contributed by atoms with Gasteiger partial charge in [0.15, 0.2) is 0 Å². The Morgan fingerprint density at radius 2 is 1.89 bits per heavy atom. The molecule has 1 aromatic rings. The summed E-state index contributed by atoms with van der Waals surface area (Å²) in [5, 5.41) is 0. The first-order valence-corrected chi connectivity index (χ1v) is 6.68. The molecular weight excluding hydrogens is 240 g/mol. The topological polar surface area (TPSA) is 38.8 Å². The molecule has 1 heterocycles. The number of rotatable bonds is 3. The van der Waals surface area contributed by atoms with Gasteiger partial charge in [0.25, 0.3) is 0 Å². The molecule has 0 aromatic heterocycles. The monoisotopic (exact) mass is 264 g/mol. The lowest BCUT2D eigenvalue weighted by Crippen LogP contribution is -2.11. The molecular formula is C16H24O3. The second kappa shape index (κ2) is 6.71. The lowest BCUT2D eigenvalue weighted by Gasteiger charge is -2.08. The Labute approximate surface area is 115 Å². The van der Waals surface area contributed by atoms with E-state index >= 15 is 0 Å². The van der Waals surface area contributed by atoms with Gasteiger partial charge in [-0.2, -0.15) is 0 Å². The van der Waals surface area contributed by atoms with Crippen LogP contribution in [0.15, 0.2) is 24.3 Å².